The zero-order valence-corrected chi connectivity index (χ0v) is 20.6. The molecule has 0 aliphatic carbocycles. The van der Waals surface area contributed by atoms with Crippen molar-refractivity contribution in [2.75, 3.05) is 32.8 Å². The number of hydrogen-bond acceptors (Lipinski definition) is 3. The monoisotopic (exact) mass is 540 g/mol. The lowest BCUT2D eigenvalue weighted by Gasteiger charge is -2.33. The highest BCUT2D eigenvalue weighted by Crippen LogP contribution is 2.14. The van der Waals surface area contributed by atoms with E-state index in [1.165, 1.54) is 17.7 Å². The van der Waals surface area contributed by atoms with Crippen LogP contribution < -0.4 is 10.6 Å². The number of guanidine groups is 1. The van der Waals surface area contributed by atoms with Crippen molar-refractivity contribution in [2.24, 2.45) is 4.99 Å². The van der Waals surface area contributed by atoms with Crippen LogP contribution in [0.2, 0.25) is 0 Å². The number of piperidine rings is 1. The second kappa shape index (κ2) is 14.4. The topological polar surface area (TPSA) is 48.9 Å². The average molecular weight is 540 g/mol. The van der Waals surface area contributed by atoms with Crippen LogP contribution in [0.1, 0.15) is 30.9 Å². The summed E-state index contributed by atoms with van der Waals surface area (Å²) in [6.45, 7) is 7.68. The zero-order chi connectivity index (χ0) is 21.0. The van der Waals surface area contributed by atoms with Gasteiger partial charge in [0.15, 0.2) is 5.96 Å². The number of nitrogens with zero attached hydrogens (tertiary/aromatic N) is 2. The highest BCUT2D eigenvalue weighted by Gasteiger charge is 2.20. The number of halogens is 2. The second-order valence-electron chi connectivity index (χ2n) is 7.62. The molecule has 0 aromatic heterocycles. The molecule has 2 N–H and O–H groups in total. The standard InChI is InChI=1S/C24H33FN4O.HI/c1-2-26-24(27-14-17-30-19-21-6-4-3-5-7-21)28-23-12-15-29(16-13-23)18-20-8-10-22(25)11-9-20;/h3-11,23H,2,12-19H2,1H3,(H2,26,27,28);1H. The third kappa shape index (κ3) is 9.53. The molecule has 31 heavy (non-hydrogen) atoms. The molecule has 5 nitrogen and oxygen atoms in total. The largest absolute Gasteiger partial charge is 0.375 e. The van der Waals surface area contributed by atoms with Crippen LogP contribution in [-0.4, -0.2) is 49.7 Å². The van der Waals surface area contributed by atoms with Gasteiger partial charge in [0.05, 0.1) is 19.8 Å². The van der Waals surface area contributed by atoms with E-state index >= 15 is 0 Å². The fraction of sp³-hybridized carbons (Fsp3) is 0.458. The minimum atomic E-state index is -0.178. The van der Waals surface area contributed by atoms with E-state index < -0.39 is 0 Å². The van der Waals surface area contributed by atoms with E-state index in [4.69, 9.17) is 4.74 Å². The zero-order valence-electron chi connectivity index (χ0n) is 18.2. The van der Waals surface area contributed by atoms with Gasteiger partial charge in [0.1, 0.15) is 5.82 Å². The van der Waals surface area contributed by atoms with Crippen molar-refractivity contribution in [2.45, 2.75) is 39.0 Å². The number of ether oxygens (including phenoxy) is 1. The smallest absolute Gasteiger partial charge is 0.191 e. The Morgan fingerprint density at radius 2 is 1.77 bits per heavy atom. The SMILES string of the molecule is CCNC(=NCCOCc1ccccc1)NC1CCN(Cc2ccc(F)cc2)CC1.I. The summed E-state index contributed by atoms with van der Waals surface area (Å²) in [6.07, 6.45) is 2.13. The molecule has 1 heterocycles. The lowest BCUT2D eigenvalue weighted by molar-refractivity contribution is 0.128. The fourth-order valence-electron chi connectivity index (χ4n) is 3.58. The van der Waals surface area contributed by atoms with Gasteiger partial charge in [0.2, 0.25) is 0 Å². The summed E-state index contributed by atoms with van der Waals surface area (Å²) in [5.74, 6) is 0.681. The minimum absolute atomic E-state index is 0. The molecule has 2 aromatic carbocycles. The van der Waals surface area contributed by atoms with E-state index in [0.29, 0.717) is 25.8 Å². The maximum atomic E-state index is 13.1. The molecule has 0 bridgehead atoms. The number of nitrogens with one attached hydrogen (secondary N) is 2. The molecule has 3 rings (SSSR count). The van der Waals surface area contributed by atoms with Gasteiger partial charge in [-0.05, 0) is 43.0 Å². The van der Waals surface area contributed by atoms with Gasteiger partial charge in [0, 0.05) is 32.2 Å². The summed E-state index contributed by atoms with van der Waals surface area (Å²) < 4.78 is 18.8. The molecule has 0 amide bonds. The van der Waals surface area contributed by atoms with E-state index in [0.717, 1.165) is 50.5 Å². The van der Waals surface area contributed by atoms with Crippen LogP contribution in [0, 0.1) is 5.82 Å². The van der Waals surface area contributed by atoms with Gasteiger partial charge in [-0.25, -0.2) is 4.39 Å². The predicted octanol–water partition coefficient (Wildman–Crippen LogP) is 4.18. The van der Waals surface area contributed by atoms with Crippen LogP contribution in [0.25, 0.3) is 0 Å². The van der Waals surface area contributed by atoms with Crippen molar-refractivity contribution < 1.29 is 9.13 Å². The summed E-state index contributed by atoms with van der Waals surface area (Å²) in [4.78, 5) is 7.08. The first-order chi connectivity index (χ1) is 14.7. The maximum Gasteiger partial charge on any atom is 0.191 e. The first-order valence-corrected chi connectivity index (χ1v) is 10.9. The molecule has 1 aliphatic heterocycles. The van der Waals surface area contributed by atoms with Gasteiger partial charge in [-0.15, -0.1) is 24.0 Å². The Morgan fingerprint density at radius 1 is 1.06 bits per heavy atom. The predicted molar refractivity (Wildman–Crippen MR) is 135 cm³/mol. The van der Waals surface area contributed by atoms with Crippen molar-refractivity contribution in [3.63, 3.8) is 0 Å². The highest BCUT2D eigenvalue weighted by atomic mass is 127. The molecule has 7 heteroatoms. The summed E-state index contributed by atoms with van der Waals surface area (Å²) in [5, 5.41) is 6.89. The van der Waals surface area contributed by atoms with Gasteiger partial charge < -0.3 is 15.4 Å². The van der Waals surface area contributed by atoms with Crippen LogP contribution in [-0.2, 0) is 17.9 Å². The van der Waals surface area contributed by atoms with Crippen LogP contribution >= 0.6 is 24.0 Å². The average Bonchev–Trinajstić information content (AvgIpc) is 2.77. The highest BCUT2D eigenvalue weighted by molar-refractivity contribution is 14.0. The molecule has 0 saturated carbocycles. The Labute approximate surface area is 202 Å². The Morgan fingerprint density at radius 3 is 2.45 bits per heavy atom. The van der Waals surface area contributed by atoms with Crippen LogP contribution in [0.3, 0.4) is 0 Å². The van der Waals surface area contributed by atoms with Gasteiger partial charge in [0.25, 0.3) is 0 Å². The molecule has 1 saturated heterocycles. The molecule has 1 fully saturated rings. The lowest BCUT2D eigenvalue weighted by atomic mass is 10.0. The Kier molecular flexibility index (Phi) is 11.8. The molecule has 170 valence electrons. The summed E-state index contributed by atoms with van der Waals surface area (Å²) in [5.41, 5.74) is 2.34. The van der Waals surface area contributed by atoms with Crippen molar-refractivity contribution in [3.05, 3.63) is 71.5 Å². The summed E-state index contributed by atoms with van der Waals surface area (Å²) in [6, 6.07) is 17.4. The third-order valence-corrected chi connectivity index (χ3v) is 5.21. The molecular weight excluding hydrogens is 506 g/mol. The van der Waals surface area contributed by atoms with Crippen LogP contribution in [0.4, 0.5) is 4.39 Å². The molecule has 2 aromatic rings. The van der Waals surface area contributed by atoms with Crippen LogP contribution in [0.5, 0.6) is 0 Å². The first kappa shape index (κ1) is 25.5. The first-order valence-electron chi connectivity index (χ1n) is 10.9. The Balaban J connectivity index is 0.00000341. The van der Waals surface area contributed by atoms with Crippen molar-refractivity contribution >= 4 is 29.9 Å². The number of benzene rings is 2. The molecule has 1 aliphatic rings. The van der Waals surface area contributed by atoms with Crippen molar-refractivity contribution in [1.82, 2.24) is 15.5 Å². The number of rotatable bonds is 9. The normalized spacial score (nSPS) is 15.4. The Hall–Kier alpha value is -1.71. The van der Waals surface area contributed by atoms with Gasteiger partial charge in [-0.2, -0.15) is 0 Å². The van der Waals surface area contributed by atoms with Crippen molar-refractivity contribution in [3.8, 4) is 0 Å². The number of aliphatic imine (C=N–C) groups is 1. The van der Waals surface area contributed by atoms with E-state index in [1.54, 1.807) is 0 Å². The number of likely N-dealkylation sites (tertiary alicyclic amines) is 1. The van der Waals surface area contributed by atoms with Crippen molar-refractivity contribution in [1.29, 1.82) is 0 Å². The molecular formula is C24H34FIN4O. The van der Waals surface area contributed by atoms with Crippen LogP contribution in [0.15, 0.2) is 59.6 Å². The van der Waals surface area contributed by atoms with Gasteiger partial charge >= 0.3 is 0 Å². The quantitative estimate of drug-likeness (QED) is 0.217. The lowest BCUT2D eigenvalue weighted by Crippen LogP contribution is -2.48. The molecule has 0 radical (unpaired) electrons. The van der Waals surface area contributed by atoms with E-state index in [-0.39, 0.29) is 29.8 Å². The molecule has 0 atom stereocenters. The van der Waals surface area contributed by atoms with E-state index in [9.17, 15) is 4.39 Å². The van der Waals surface area contributed by atoms with E-state index in [1.807, 2.05) is 30.3 Å². The van der Waals surface area contributed by atoms with E-state index in [2.05, 4.69) is 39.6 Å². The Bertz CT molecular complexity index is 765. The van der Waals surface area contributed by atoms with Gasteiger partial charge in [-0.3, -0.25) is 9.89 Å². The minimum Gasteiger partial charge on any atom is -0.375 e. The summed E-state index contributed by atoms with van der Waals surface area (Å²) >= 11 is 0. The second-order valence-corrected chi connectivity index (χ2v) is 7.62. The maximum absolute atomic E-state index is 13.1. The fourth-order valence-corrected chi connectivity index (χ4v) is 3.58. The molecule has 0 unspecified atom stereocenters. The third-order valence-electron chi connectivity index (χ3n) is 5.21. The summed E-state index contributed by atoms with van der Waals surface area (Å²) in [7, 11) is 0. The number of hydrogen-bond donors (Lipinski definition) is 2. The molecule has 0 spiro atoms. The van der Waals surface area contributed by atoms with Gasteiger partial charge in [-0.1, -0.05) is 42.5 Å².